The van der Waals surface area contributed by atoms with Crippen molar-refractivity contribution in [2.75, 3.05) is 182 Å². The highest BCUT2D eigenvalue weighted by Crippen LogP contribution is 2.60. The van der Waals surface area contributed by atoms with E-state index in [1.807, 2.05) is 55.1 Å². The molecule has 7 unspecified atom stereocenters. The Morgan fingerprint density at radius 2 is 0.959 bits per heavy atom. The van der Waals surface area contributed by atoms with Gasteiger partial charge in [0, 0.05) is 146 Å². The van der Waals surface area contributed by atoms with E-state index in [1.54, 1.807) is 42.7 Å². The van der Waals surface area contributed by atoms with E-state index < -0.39 is 149 Å². The summed E-state index contributed by atoms with van der Waals surface area (Å²) < 4.78 is 136. The number of aliphatic hydroxyl groups excluding tert-OH is 3. The third kappa shape index (κ3) is 42.8. The Hall–Kier alpha value is -3.72. The fraction of sp³-hybridized carbons (Fsp3) is 0.885. The van der Waals surface area contributed by atoms with Crippen LogP contribution in [-0.4, -0.2) is 409 Å². The lowest BCUT2D eigenvalue weighted by molar-refractivity contribution is -0.132. The van der Waals surface area contributed by atoms with E-state index in [0.29, 0.717) is 90.6 Å². The summed E-state index contributed by atoms with van der Waals surface area (Å²) in [5.41, 5.74) is -0.247. The molecule has 38 nitrogen and oxygen atoms in total. The van der Waals surface area contributed by atoms with E-state index in [9.17, 15) is 34.5 Å². The molecule has 5 N–H and O–H groups in total. The van der Waals surface area contributed by atoms with E-state index in [4.69, 9.17) is 168 Å². The zero-order chi connectivity index (χ0) is 92.9. The van der Waals surface area contributed by atoms with E-state index in [-0.39, 0.29) is 86.9 Å². The predicted molar refractivity (Wildman–Crippen MR) is 462 cm³/mol. The van der Waals surface area contributed by atoms with Crippen LogP contribution >= 0.6 is 26.0 Å². The van der Waals surface area contributed by atoms with Crippen LogP contribution in [0, 0.1) is 17.9 Å². The lowest BCUT2D eigenvalue weighted by Gasteiger charge is -2.29. The second-order valence-electron chi connectivity index (χ2n) is 29.2. The molecule has 1 aromatic heterocycles. The van der Waals surface area contributed by atoms with Crippen LogP contribution in [0.5, 0.6) is 0 Å². The number of carbonyl (C=O) groups excluding carboxylic acids is 3. The number of hydrogen-bond acceptors (Lipinski definition) is 34. The largest absolute Gasteiger partial charge is 0.509 e. The molecule has 0 spiro atoms. The molecule has 0 saturated carbocycles. The summed E-state index contributed by atoms with van der Waals surface area (Å²) in [4.78, 5) is 53.6. The maximum Gasteiger partial charge on any atom is 0.509 e. The van der Waals surface area contributed by atoms with Crippen molar-refractivity contribution >= 4 is 81.2 Å². The molecule has 0 aliphatic carbocycles. The van der Waals surface area contributed by atoms with Crippen LogP contribution in [0.25, 0.3) is 4.85 Å². The number of halogens is 1. The second-order valence-corrected chi connectivity index (χ2v) is 35.5. The summed E-state index contributed by atoms with van der Waals surface area (Å²) in [6.45, 7) is 31.5. The number of aromatic nitrogens is 2. The normalized spacial score (nSPS) is 27.1. The molecular formula is C78H140B4ClN7O31P2. The molecule has 0 aromatic carbocycles. The van der Waals surface area contributed by atoms with Crippen molar-refractivity contribution in [2.45, 2.75) is 272 Å². The number of amides is 2. The molecule has 702 valence electrons. The minimum Gasteiger partial charge on any atom is -0.425 e. The van der Waals surface area contributed by atoms with E-state index >= 15 is 0 Å². The topological polar surface area (TPSA) is 433 Å². The Morgan fingerprint density at radius 1 is 0.602 bits per heavy atom. The van der Waals surface area contributed by atoms with Gasteiger partial charge in [0.05, 0.1) is 109 Å². The number of methoxy groups -OCH3 is 10. The molecule has 5 saturated heterocycles. The highest BCUT2D eigenvalue weighted by atomic mass is 35.7. The SMILES string of the molecule is CC(C)N=P(Cl)(CCC#N)C(C)C.CC[C@H]1O[C@@H](n2ccc(NC(C)=O)nc2=O)[C@@H](OC(COC)COC)C1O.[B][C@@H]1O[C@H](CC)C(O)[C@@H]1OC(COC)COC.[B][C@@H]1O[C@H](CC)C(O)[C@@H]1OC(COC)COC.[B][C@@H]1O[C@H](CC)C(OC(=O)OCC(=O)NC)[C@@H]1OC(COC)COC.[B][C@@H]1O[C@H](CC)C(OP(C)OCC[N+]#[C-])[C@@H]1OC(COC)COC. The van der Waals surface area contributed by atoms with Crippen LogP contribution in [0.1, 0.15) is 114 Å². The number of nitrogens with one attached hydrogen (secondary N) is 2. The van der Waals surface area contributed by atoms with Crippen molar-refractivity contribution in [1.29, 1.82) is 5.26 Å². The van der Waals surface area contributed by atoms with Gasteiger partial charge < -0.3 is 144 Å². The standard InChI is InChI=1S/C17H27N3O7.C15H26BNO8.C15H27BNO6P.2C11H21BO5.C9H18ClN2P/c1-5-12-14(22)15(26-11(8-24-3)9-25-4)16(27-12)20-7-6-13(18-10(2)21)19-17(20)23;1-5-10-12(25-15(19)22-8-11(18)17-2)13(14(16)24-10)23-9(6-20-3)7-21-4;1-6-12-13(23-24(5)20-8-7-17-2)14(15(16)22-12)21-11(9-18-3)10-19-4;2*1-4-8-9(13)10(11(12)17-8)16-7(5-14-2)6-15-3;1-8(2)12-13(10,9(3)4)7-5-6-11/h6-7,11-12,14-16,22H,5,8-9H2,1-4H3,(H,18,19,21,23);9-10,12-14H,5-8H2,1-4H3,(H,17,18);11-15H,6-10H2,1,3-5H3;2*7-11,13H,4-6H2,1-3H3;8-9H,5,7H2,1-4H3/t12-,14?,15+,16-;10-,12?,13+,14-;12-,13?,14+,15-,24?;2*8-,9?,10+,11-;/m11111./s1. The van der Waals surface area contributed by atoms with Gasteiger partial charge in [-0.25, -0.2) is 16.2 Å². The van der Waals surface area contributed by atoms with Crippen LogP contribution in [0.2, 0.25) is 0 Å². The smallest absolute Gasteiger partial charge is 0.425 e. The number of anilines is 1. The first-order valence-electron chi connectivity index (χ1n) is 41.1. The van der Waals surface area contributed by atoms with Crippen molar-refractivity contribution in [2.24, 2.45) is 4.74 Å². The van der Waals surface area contributed by atoms with Crippen molar-refractivity contribution < 1.29 is 143 Å². The molecule has 0 bridgehead atoms. The maximum absolute atomic E-state index is 12.4. The molecule has 8 radical (unpaired) electrons. The van der Waals surface area contributed by atoms with E-state index in [0.717, 1.165) is 12.6 Å². The molecule has 6 rings (SSSR count). The average Bonchev–Trinajstić information content (AvgIpc) is 1.66. The summed E-state index contributed by atoms with van der Waals surface area (Å²) in [6, 6.07) is 1.32. The minimum absolute atomic E-state index is 0.142. The number of carbonyl (C=O) groups is 3. The van der Waals surface area contributed by atoms with Gasteiger partial charge in [-0.2, -0.15) is 10.2 Å². The molecule has 6 heterocycles. The third-order valence-corrected chi connectivity index (χ3v) is 25.1. The highest BCUT2D eigenvalue weighted by molar-refractivity contribution is 7.91. The summed E-state index contributed by atoms with van der Waals surface area (Å²) >= 11 is 6.44. The van der Waals surface area contributed by atoms with Gasteiger partial charge in [-0.1, -0.05) is 59.7 Å². The Kier molecular flexibility index (Phi) is 63.5. The quantitative estimate of drug-likeness (QED) is 0.0196. The molecule has 123 heavy (non-hydrogen) atoms. The molecule has 1 aromatic rings. The Balaban J connectivity index is 0.000000750. The number of hydrogen-bond donors (Lipinski definition) is 5. The van der Waals surface area contributed by atoms with Gasteiger partial charge in [-0.3, -0.25) is 18.9 Å². The molecule has 5 aliphatic heterocycles. The zero-order valence-corrected chi connectivity index (χ0v) is 78.5. The number of likely N-dealkylation sites (N-methyl/N-ethyl adjacent to an activating group) is 1. The summed E-state index contributed by atoms with van der Waals surface area (Å²) in [5.74, 6) is -0.638. The molecule has 45 heteroatoms. The van der Waals surface area contributed by atoms with Crippen LogP contribution < -0.4 is 16.3 Å². The van der Waals surface area contributed by atoms with Crippen LogP contribution in [-0.2, 0) is 123 Å². The molecule has 5 fully saturated rings. The average molecular weight is 1810 g/mol. The van der Waals surface area contributed by atoms with Gasteiger partial charge in [0.15, 0.2) is 27.3 Å². The maximum atomic E-state index is 12.4. The summed E-state index contributed by atoms with van der Waals surface area (Å²) in [5, 5.41) is 43.9. The van der Waals surface area contributed by atoms with Gasteiger partial charge in [0.1, 0.15) is 129 Å². The number of rotatable bonds is 49. The van der Waals surface area contributed by atoms with Crippen molar-refractivity contribution in [3.05, 3.63) is 34.2 Å². The van der Waals surface area contributed by atoms with Crippen molar-refractivity contribution in [3.63, 3.8) is 0 Å². The Labute approximate surface area is 739 Å². The number of ether oxygens (including phenoxy) is 22. The van der Waals surface area contributed by atoms with Crippen molar-refractivity contribution in [3.8, 4) is 6.07 Å². The van der Waals surface area contributed by atoms with Gasteiger partial charge in [-0.15, -0.1) is 0 Å². The van der Waals surface area contributed by atoms with E-state index in [2.05, 4.69) is 45.1 Å². The highest BCUT2D eigenvalue weighted by Gasteiger charge is 2.50. The van der Waals surface area contributed by atoms with Crippen LogP contribution in [0.4, 0.5) is 10.6 Å². The fourth-order valence-corrected chi connectivity index (χ4v) is 16.8. The number of nitriles is 1. The second kappa shape index (κ2) is 66.6. The third-order valence-electron chi connectivity index (χ3n) is 18.8. The predicted octanol–water partition coefficient (Wildman–Crippen LogP) is 4.59. The monoisotopic (exact) mass is 1810 g/mol. The minimum atomic E-state index is -1.74. The molecule has 5 aliphatic rings. The van der Waals surface area contributed by atoms with E-state index in [1.165, 1.54) is 59.2 Å². The number of aliphatic hydroxyl groups is 3. The molecule has 2 amide bonds. The molecule has 22 atom stereocenters. The Morgan fingerprint density at radius 3 is 1.30 bits per heavy atom. The Bertz CT molecular complexity index is 3110. The zero-order valence-electron chi connectivity index (χ0n) is 76.0. The number of nitrogens with zero attached hydrogens (tertiary/aromatic N) is 5. The summed E-state index contributed by atoms with van der Waals surface area (Å²) in [6.07, 6.45) is -7.31. The fourth-order valence-electron chi connectivity index (χ4n) is 13.0. The van der Waals surface area contributed by atoms with Gasteiger partial charge >= 0.3 is 11.8 Å². The lowest BCUT2D eigenvalue weighted by atomic mass is 9.92. The first-order chi connectivity index (χ1) is 58.6. The molecular weight excluding hydrogens is 1670 g/mol. The van der Waals surface area contributed by atoms with Crippen LogP contribution in [0.3, 0.4) is 0 Å². The van der Waals surface area contributed by atoms with Crippen molar-refractivity contribution in [1.82, 2.24) is 14.9 Å². The first kappa shape index (κ1) is 117. The van der Waals surface area contributed by atoms with Crippen LogP contribution in [0.15, 0.2) is 21.8 Å². The first-order valence-corrected chi connectivity index (χ1v) is 45.6. The van der Waals surface area contributed by atoms with Gasteiger partial charge in [-0.05, 0) is 52.0 Å². The summed E-state index contributed by atoms with van der Waals surface area (Å²) in [7, 11) is 39.6. The lowest BCUT2D eigenvalue weighted by Crippen LogP contribution is -2.43. The van der Waals surface area contributed by atoms with Gasteiger partial charge in [0.2, 0.25) is 12.5 Å². The van der Waals surface area contributed by atoms with Gasteiger partial charge in [0.25, 0.3) is 5.91 Å².